The molecule has 2 heterocycles. The summed E-state index contributed by atoms with van der Waals surface area (Å²) in [6, 6.07) is 14.6. The van der Waals surface area contributed by atoms with Crippen molar-refractivity contribution in [3.8, 4) is 17.3 Å². The molecule has 2 amide bonds. The van der Waals surface area contributed by atoms with E-state index in [1.54, 1.807) is 24.3 Å². The molecule has 28 heavy (non-hydrogen) atoms. The average molecular weight is 390 g/mol. The first-order chi connectivity index (χ1) is 13.5. The molecule has 1 aromatic heterocycles. The van der Waals surface area contributed by atoms with Crippen molar-refractivity contribution in [2.45, 2.75) is 13.0 Å². The van der Waals surface area contributed by atoms with Gasteiger partial charge in [0.1, 0.15) is 10.8 Å². The molecular formula is C21H15FN4OS. The van der Waals surface area contributed by atoms with Crippen LogP contribution in [0.2, 0.25) is 0 Å². The number of nitrogens with one attached hydrogen (secondary N) is 2. The zero-order valence-corrected chi connectivity index (χ0v) is 15.7. The fourth-order valence-electron chi connectivity index (χ4n) is 3.16. The smallest absolute Gasteiger partial charge is 0.319 e. The maximum absolute atomic E-state index is 13.8. The maximum Gasteiger partial charge on any atom is 0.319 e. The van der Waals surface area contributed by atoms with Gasteiger partial charge in [-0.2, -0.15) is 5.26 Å². The molecule has 4 rings (SSSR count). The molecule has 2 aromatic carbocycles. The number of aromatic nitrogens is 1. The number of nitriles is 1. The summed E-state index contributed by atoms with van der Waals surface area (Å²) in [6.07, 6.45) is 0. The van der Waals surface area contributed by atoms with Crippen LogP contribution in [-0.4, -0.2) is 11.0 Å². The van der Waals surface area contributed by atoms with Crippen LogP contribution in [0.3, 0.4) is 0 Å². The Balaban J connectivity index is 1.75. The van der Waals surface area contributed by atoms with E-state index in [0.29, 0.717) is 16.8 Å². The highest BCUT2D eigenvalue weighted by Crippen LogP contribution is 2.37. The van der Waals surface area contributed by atoms with Gasteiger partial charge in [-0.15, -0.1) is 11.3 Å². The van der Waals surface area contributed by atoms with Gasteiger partial charge in [0.25, 0.3) is 0 Å². The molecule has 0 spiro atoms. The second-order valence-electron chi connectivity index (χ2n) is 6.35. The van der Waals surface area contributed by atoms with Gasteiger partial charge in [-0.25, -0.2) is 14.2 Å². The van der Waals surface area contributed by atoms with Crippen LogP contribution in [0.4, 0.5) is 9.18 Å². The van der Waals surface area contributed by atoms with Gasteiger partial charge in [0.2, 0.25) is 0 Å². The van der Waals surface area contributed by atoms with Crippen molar-refractivity contribution in [1.82, 2.24) is 15.6 Å². The molecule has 1 aliphatic heterocycles. The first-order valence-electron chi connectivity index (χ1n) is 8.55. The summed E-state index contributed by atoms with van der Waals surface area (Å²) in [5, 5.41) is 17.2. The quantitative estimate of drug-likeness (QED) is 0.686. The van der Waals surface area contributed by atoms with Gasteiger partial charge in [-0.1, -0.05) is 24.3 Å². The second-order valence-corrected chi connectivity index (χ2v) is 7.21. The van der Waals surface area contributed by atoms with E-state index in [-0.39, 0.29) is 11.8 Å². The van der Waals surface area contributed by atoms with Crippen LogP contribution in [0, 0.1) is 17.1 Å². The van der Waals surface area contributed by atoms with Crippen molar-refractivity contribution in [3.63, 3.8) is 0 Å². The maximum atomic E-state index is 13.8. The molecule has 0 fully saturated rings. The molecule has 2 N–H and O–H groups in total. The van der Waals surface area contributed by atoms with Crippen LogP contribution in [0.5, 0.6) is 0 Å². The fourth-order valence-corrected chi connectivity index (χ4v) is 4.12. The lowest BCUT2D eigenvalue weighted by Gasteiger charge is -2.28. The highest BCUT2D eigenvalue weighted by molar-refractivity contribution is 7.11. The molecule has 0 radical (unpaired) electrons. The summed E-state index contributed by atoms with van der Waals surface area (Å²) >= 11 is 1.45. The van der Waals surface area contributed by atoms with E-state index < -0.39 is 6.04 Å². The summed E-state index contributed by atoms with van der Waals surface area (Å²) in [4.78, 5) is 16.7. The van der Waals surface area contributed by atoms with E-state index in [1.165, 1.54) is 23.5 Å². The van der Waals surface area contributed by atoms with E-state index in [1.807, 2.05) is 24.4 Å². The Kier molecular flexibility index (Phi) is 4.63. The van der Waals surface area contributed by atoms with Crippen LogP contribution in [0.25, 0.3) is 16.8 Å². The first kappa shape index (κ1) is 17.9. The van der Waals surface area contributed by atoms with Crippen LogP contribution >= 0.6 is 11.3 Å². The van der Waals surface area contributed by atoms with Crippen molar-refractivity contribution in [3.05, 3.63) is 81.6 Å². The van der Waals surface area contributed by atoms with Crippen molar-refractivity contribution in [2.75, 3.05) is 0 Å². The number of benzene rings is 2. The van der Waals surface area contributed by atoms with E-state index >= 15 is 0 Å². The number of thiazole rings is 1. The van der Waals surface area contributed by atoms with Gasteiger partial charge in [0.05, 0.1) is 23.4 Å². The SMILES string of the molecule is CC1=C(c2nc(-c3ccc(C#N)cc3)cs2)C(c2cccc(F)c2)NC(=O)N1. The Bertz CT molecular complexity index is 1130. The third kappa shape index (κ3) is 3.38. The summed E-state index contributed by atoms with van der Waals surface area (Å²) < 4.78 is 13.8. The number of allylic oxidation sites excluding steroid dienone is 1. The molecule has 1 aliphatic rings. The van der Waals surface area contributed by atoms with Gasteiger partial charge in [0, 0.05) is 22.2 Å². The van der Waals surface area contributed by atoms with E-state index in [0.717, 1.165) is 21.8 Å². The van der Waals surface area contributed by atoms with Gasteiger partial charge in [-0.3, -0.25) is 0 Å². The summed E-state index contributed by atoms with van der Waals surface area (Å²) in [5.41, 5.74) is 4.39. The second kappa shape index (κ2) is 7.25. The number of carbonyl (C=O) groups excluding carboxylic acids is 1. The molecule has 0 saturated heterocycles. The minimum Gasteiger partial charge on any atom is -0.327 e. The number of rotatable bonds is 3. The Labute approximate surface area is 165 Å². The van der Waals surface area contributed by atoms with E-state index in [4.69, 9.17) is 10.2 Å². The van der Waals surface area contributed by atoms with Crippen molar-refractivity contribution < 1.29 is 9.18 Å². The molecule has 0 bridgehead atoms. The third-order valence-electron chi connectivity index (χ3n) is 4.50. The zero-order valence-electron chi connectivity index (χ0n) is 14.9. The number of hydrogen-bond acceptors (Lipinski definition) is 4. The number of amides is 2. The van der Waals surface area contributed by atoms with Crippen LogP contribution in [0.15, 0.2) is 59.6 Å². The van der Waals surface area contributed by atoms with Crippen LogP contribution < -0.4 is 10.6 Å². The monoisotopic (exact) mass is 390 g/mol. The normalized spacial score (nSPS) is 16.3. The molecule has 3 aromatic rings. The minimum atomic E-state index is -0.496. The molecule has 5 nitrogen and oxygen atoms in total. The lowest BCUT2D eigenvalue weighted by atomic mass is 9.96. The van der Waals surface area contributed by atoms with Crippen molar-refractivity contribution in [1.29, 1.82) is 5.26 Å². The standard InChI is InChI=1S/C21H15FN4OS/c1-12-18(19(26-21(27)24-12)15-3-2-4-16(22)9-15)20-25-17(11-28-20)14-7-5-13(10-23)6-8-14/h2-9,11,19H,1H3,(H2,24,26,27). The summed E-state index contributed by atoms with van der Waals surface area (Å²) in [6.45, 7) is 1.81. The summed E-state index contributed by atoms with van der Waals surface area (Å²) in [7, 11) is 0. The Morgan fingerprint density at radius 3 is 2.71 bits per heavy atom. The molecular weight excluding hydrogens is 375 g/mol. The number of carbonyl (C=O) groups is 1. The van der Waals surface area contributed by atoms with Crippen LogP contribution in [0.1, 0.15) is 29.1 Å². The molecule has 138 valence electrons. The number of urea groups is 1. The highest BCUT2D eigenvalue weighted by atomic mass is 32.1. The Morgan fingerprint density at radius 1 is 1.21 bits per heavy atom. The highest BCUT2D eigenvalue weighted by Gasteiger charge is 2.29. The lowest BCUT2D eigenvalue weighted by Crippen LogP contribution is -2.42. The molecule has 0 saturated carbocycles. The molecule has 1 atom stereocenters. The zero-order chi connectivity index (χ0) is 19.7. The van der Waals surface area contributed by atoms with Gasteiger partial charge in [0.15, 0.2) is 0 Å². The van der Waals surface area contributed by atoms with Crippen LogP contribution in [-0.2, 0) is 0 Å². The van der Waals surface area contributed by atoms with Crippen molar-refractivity contribution >= 4 is 22.9 Å². The number of hydrogen-bond donors (Lipinski definition) is 2. The molecule has 1 unspecified atom stereocenters. The summed E-state index contributed by atoms with van der Waals surface area (Å²) in [5.74, 6) is -0.361. The van der Waals surface area contributed by atoms with Gasteiger partial charge < -0.3 is 10.6 Å². The minimum absolute atomic E-state index is 0.334. The van der Waals surface area contributed by atoms with Gasteiger partial charge >= 0.3 is 6.03 Å². The average Bonchev–Trinajstić information content (AvgIpc) is 3.17. The van der Waals surface area contributed by atoms with Gasteiger partial charge in [-0.05, 0) is 36.8 Å². The number of nitrogens with zero attached hydrogens (tertiary/aromatic N) is 2. The molecule has 7 heteroatoms. The third-order valence-corrected chi connectivity index (χ3v) is 5.37. The van der Waals surface area contributed by atoms with Crippen molar-refractivity contribution in [2.24, 2.45) is 0 Å². The topological polar surface area (TPSA) is 77.8 Å². The largest absolute Gasteiger partial charge is 0.327 e. The predicted molar refractivity (Wildman–Crippen MR) is 106 cm³/mol. The predicted octanol–water partition coefficient (Wildman–Crippen LogP) is 4.61. The van der Waals surface area contributed by atoms with E-state index in [2.05, 4.69) is 16.7 Å². The van der Waals surface area contributed by atoms with E-state index in [9.17, 15) is 9.18 Å². The fraction of sp³-hybridized carbons (Fsp3) is 0.0952. The Hall–Kier alpha value is -3.50. The number of halogens is 1. The lowest BCUT2D eigenvalue weighted by molar-refractivity contribution is 0.240. The first-order valence-corrected chi connectivity index (χ1v) is 9.43. The molecule has 0 aliphatic carbocycles. The Morgan fingerprint density at radius 2 is 2.00 bits per heavy atom.